The number of nitrogens with one attached hydrogen (secondary N) is 3. The maximum atomic E-state index is 14.2. The van der Waals surface area contributed by atoms with Gasteiger partial charge in [-0.2, -0.15) is 0 Å². The molecule has 0 radical (unpaired) electrons. The van der Waals surface area contributed by atoms with Crippen molar-refractivity contribution >= 4 is 28.6 Å². The molecular weight excluding hydrogens is 536 g/mol. The van der Waals surface area contributed by atoms with Crippen LogP contribution < -0.4 is 10.6 Å². The van der Waals surface area contributed by atoms with Crippen molar-refractivity contribution in [2.24, 2.45) is 0 Å². The summed E-state index contributed by atoms with van der Waals surface area (Å²) in [6.07, 6.45) is 0.680. The number of aryl methyl sites for hydroxylation is 1. The van der Waals surface area contributed by atoms with Crippen molar-refractivity contribution in [1.82, 2.24) is 20.5 Å². The normalized spacial score (nSPS) is 17.6. The average Bonchev–Trinajstić information content (AvgIpc) is 3.55. The lowest BCUT2D eigenvalue weighted by Crippen LogP contribution is -2.57. The van der Waals surface area contributed by atoms with Gasteiger partial charge in [0.2, 0.25) is 11.8 Å². The molecule has 0 saturated heterocycles. The van der Waals surface area contributed by atoms with Crippen LogP contribution in [-0.4, -0.2) is 39.7 Å². The Morgan fingerprint density at radius 3 is 2.42 bits per heavy atom. The molecule has 3 heterocycles. The molecule has 43 heavy (non-hydrogen) atoms. The first kappa shape index (κ1) is 26.7. The Labute approximate surface area is 249 Å². The summed E-state index contributed by atoms with van der Waals surface area (Å²) in [6, 6.07) is 31.2. The van der Waals surface area contributed by atoms with Crippen LogP contribution in [0.4, 0.5) is 0 Å². The van der Waals surface area contributed by atoms with E-state index in [4.69, 9.17) is 0 Å². The molecule has 7 nitrogen and oxygen atoms in total. The van der Waals surface area contributed by atoms with E-state index in [0.29, 0.717) is 24.9 Å². The first-order valence-corrected chi connectivity index (χ1v) is 14.7. The molecule has 4 aromatic carbocycles. The average molecular weight is 569 g/mol. The molecule has 3 atom stereocenters. The second kappa shape index (κ2) is 10.9. The van der Waals surface area contributed by atoms with Crippen LogP contribution in [0.15, 0.2) is 103 Å². The fourth-order valence-corrected chi connectivity index (χ4v) is 6.48. The number of H-pyrrole nitrogens is 1. The van der Waals surface area contributed by atoms with E-state index in [1.807, 2.05) is 104 Å². The van der Waals surface area contributed by atoms with Crippen LogP contribution in [0.1, 0.15) is 49.9 Å². The Morgan fingerprint density at radius 1 is 0.884 bits per heavy atom. The number of para-hydroxylation sites is 1. The highest BCUT2D eigenvalue weighted by Gasteiger charge is 2.49. The second-order valence-electron chi connectivity index (χ2n) is 11.4. The molecule has 3 N–H and O–H groups in total. The number of aromatic nitrogens is 1. The van der Waals surface area contributed by atoms with Gasteiger partial charge in [-0.1, -0.05) is 96.6 Å². The SMILES string of the molecule is Cc1ccc(CNC(=O)[C@H](Cc2ccccc2)NC(=O)[C@@H]2Cc3c([nH]c4ccccc34)C3c4ccccc4C(=O)N32)cc1. The lowest BCUT2D eigenvalue weighted by atomic mass is 9.89. The van der Waals surface area contributed by atoms with Gasteiger partial charge in [0.05, 0.1) is 6.04 Å². The van der Waals surface area contributed by atoms with E-state index in [0.717, 1.165) is 44.4 Å². The number of amides is 3. The fourth-order valence-electron chi connectivity index (χ4n) is 6.48. The maximum Gasteiger partial charge on any atom is 0.255 e. The molecule has 2 aliphatic heterocycles. The van der Waals surface area contributed by atoms with Gasteiger partial charge in [-0.25, -0.2) is 0 Å². The van der Waals surface area contributed by atoms with Gasteiger partial charge in [0.25, 0.3) is 5.91 Å². The molecule has 7 rings (SSSR count). The van der Waals surface area contributed by atoms with Crippen LogP contribution >= 0.6 is 0 Å². The molecule has 2 aliphatic rings. The van der Waals surface area contributed by atoms with Crippen LogP contribution in [0.2, 0.25) is 0 Å². The van der Waals surface area contributed by atoms with Gasteiger partial charge in [-0.3, -0.25) is 14.4 Å². The Bertz CT molecular complexity index is 1840. The summed E-state index contributed by atoms with van der Waals surface area (Å²) in [7, 11) is 0. The van der Waals surface area contributed by atoms with Gasteiger partial charge >= 0.3 is 0 Å². The molecule has 3 amide bonds. The van der Waals surface area contributed by atoms with Crippen molar-refractivity contribution in [2.45, 2.75) is 44.4 Å². The third kappa shape index (κ3) is 4.87. The first-order valence-electron chi connectivity index (χ1n) is 14.7. The standard InChI is InChI=1S/C36H32N4O3/c1-22-15-17-24(18-16-22)21-37-34(41)30(19-23-9-3-2-4-10-23)39-35(42)31-20-28-25-11-7-8-14-29(25)38-32(28)33-26-12-5-6-13-27(26)36(43)40(31)33/h2-18,30-31,33,38H,19-21H2,1H3,(H,37,41)(H,39,42)/t30-,31-,33?/m0/s1. The van der Waals surface area contributed by atoms with Crippen molar-refractivity contribution < 1.29 is 14.4 Å². The number of carbonyl (C=O) groups is 3. The van der Waals surface area contributed by atoms with Crippen molar-refractivity contribution in [1.29, 1.82) is 0 Å². The van der Waals surface area contributed by atoms with E-state index in [-0.39, 0.29) is 17.7 Å². The summed E-state index contributed by atoms with van der Waals surface area (Å²) in [5.41, 5.74) is 7.50. The zero-order valence-corrected chi connectivity index (χ0v) is 23.8. The number of nitrogens with zero attached hydrogens (tertiary/aromatic N) is 1. The van der Waals surface area contributed by atoms with Gasteiger partial charge in [-0.15, -0.1) is 0 Å². The maximum absolute atomic E-state index is 14.2. The van der Waals surface area contributed by atoms with E-state index in [2.05, 4.69) is 21.7 Å². The predicted molar refractivity (Wildman–Crippen MR) is 165 cm³/mol. The molecule has 0 bridgehead atoms. The zero-order valence-electron chi connectivity index (χ0n) is 23.8. The molecule has 1 aromatic heterocycles. The number of rotatable bonds is 7. The molecule has 1 unspecified atom stereocenters. The summed E-state index contributed by atoms with van der Waals surface area (Å²) in [6.45, 7) is 2.37. The summed E-state index contributed by atoms with van der Waals surface area (Å²) < 4.78 is 0. The van der Waals surface area contributed by atoms with Crippen LogP contribution in [0.25, 0.3) is 10.9 Å². The highest BCUT2D eigenvalue weighted by molar-refractivity contribution is 6.04. The smallest absolute Gasteiger partial charge is 0.255 e. The van der Waals surface area contributed by atoms with Crippen LogP contribution in [0.5, 0.6) is 0 Å². The Hall–Kier alpha value is -5.17. The zero-order chi connectivity index (χ0) is 29.5. The highest BCUT2D eigenvalue weighted by atomic mass is 16.2. The lowest BCUT2D eigenvalue weighted by Gasteiger charge is -2.37. The molecule has 7 heteroatoms. The first-order chi connectivity index (χ1) is 21.0. The third-order valence-electron chi connectivity index (χ3n) is 8.66. The Morgan fingerprint density at radius 2 is 1.60 bits per heavy atom. The Balaban J connectivity index is 1.21. The van der Waals surface area contributed by atoms with Crippen molar-refractivity contribution in [3.63, 3.8) is 0 Å². The summed E-state index contributed by atoms with van der Waals surface area (Å²) in [5, 5.41) is 7.11. The van der Waals surface area contributed by atoms with Gasteiger partial charge in [0.15, 0.2) is 0 Å². The largest absolute Gasteiger partial charge is 0.356 e. The van der Waals surface area contributed by atoms with E-state index < -0.39 is 18.1 Å². The van der Waals surface area contributed by atoms with Crippen LogP contribution in [0, 0.1) is 6.92 Å². The Kier molecular flexibility index (Phi) is 6.78. The molecule has 214 valence electrons. The highest BCUT2D eigenvalue weighted by Crippen LogP contribution is 2.46. The molecule has 0 spiro atoms. The minimum Gasteiger partial charge on any atom is -0.356 e. The van der Waals surface area contributed by atoms with E-state index in [1.54, 1.807) is 4.90 Å². The third-order valence-corrected chi connectivity index (χ3v) is 8.66. The predicted octanol–water partition coefficient (Wildman–Crippen LogP) is 4.99. The minimum absolute atomic E-state index is 0.173. The number of hydrogen-bond acceptors (Lipinski definition) is 3. The van der Waals surface area contributed by atoms with Crippen molar-refractivity contribution in [3.8, 4) is 0 Å². The van der Waals surface area contributed by atoms with Gasteiger partial charge < -0.3 is 20.5 Å². The molecule has 5 aromatic rings. The number of benzene rings is 4. The molecule has 0 aliphatic carbocycles. The fraction of sp³-hybridized carbons (Fsp3) is 0.194. The minimum atomic E-state index is -0.816. The van der Waals surface area contributed by atoms with Gasteiger partial charge in [0, 0.05) is 41.5 Å². The number of carbonyl (C=O) groups excluding carboxylic acids is 3. The van der Waals surface area contributed by atoms with Gasteiger partial charge in [-0.05, 0) is 41.3 Å². The van der Waals surface area contributed by atoms with Crippen molar-refractivity contribution in [3.05, 3.63) is 142 Å². The summed E-state index contributed by atoms with van der Waals surface area (Å²) >= 11 is 0. The van der Waals surface area contributed by atoms with Gasteiger partial charge in [0.1, 0.15) is 12.1 Å². The quantitative estimate of drug-likeness (QED) is 0.258. The number of hydrogen-bond donors (Lipinski definition) is 3. The van der Waals surface area contributed by atoms with Crippen LogP contribution in [0.3, 0.4) is 0 Å². The van der Waals surface area contributed by atoms with E-state index in [9.17, 15) is 14.4 Å². The number of fused-ring (bicyclic) bond motifs is 7. The van der Waals surface area contributed by atoms with Crippen molar-refractivity contribution in [2.75, 3.05) is 0 Å². The monoisotopic (exact) mass is 568 g/mol. The summed E-state index contributed by atoms with van der Waals surface area (Å²) in [5.74, 6) is -0.782. The molecular formula is C36H32N4O3. The van der Waals surface area contributed by atoms with Crippen LogP contribution in [-0.2, 0) is 29.0 Å². The lowest BCUT2D eigenvalue weighted by molar-refractivity contribution is -0.132. The molecule has 0 saturated carbocycles. The molecule has 0 fully saturated rings. The summed E-state index contributed by atoms with van der Waals surface area (Å²) in [4.78, 5) is 46.9. The number of aromatic amines is 1. The topological polar surface area (TPSA) is 94.3 Å². The van der Waals surface area contributed by atoms with E-state index in [1.165, 1.54) is 0 Å². The van der Waals surface area contributed by atoms with E-state index >= 15 is 0 Å². The second-order valence-corrected chi connectivity index (χ2v) is 11.4.